The number of imidazole rings is 1. The second-order valence-corrected chi connectivity index (χ2v) is 6.12. The first-order valence-electron chi connectivity index (χ1n) is 5.82. The van der Waals surface area contributed by atoms with Crippen LogP contribution in [0.1, 0.15) is 19.7 Å². The van der Waals surface area contributed by atoms with Crippen molar-refractivity contribution in [1.29, 1.82) is 0 Å². The molecule has 0 bridgehead atoms. The number of fused-ring (bicyclic) bond motifs is 1. The summed E-state index contributed by atoms with van der Waals surface area (Å²) in [6.45, 7) is 4.58. The van der Waals surface area contributed by atoms with Gasteiger partial charge in [-0.1, -0.05) is 0 Å². The summed E-state index contributed by atoms with van der Waals surface area (Å²) in [5.74, 6) is 0.639. The maximum Gasteiger partial charge on any atom is 0.139 e. The SMILES string of the molecule is COCC(C)(C)n1c(CCl)nc2cc(F)c(Br)cc21. The van der Waals surface area contributed by atoms with Crippen molar-refractivity contribution in [3.05, 3.63) is 28.2 Å². The van der Waals surface area contributed by atoms with Crippen LogP contribution in [0.25, 0.3) is 11.0 Å². The van der Waals surface area contributed by atoms with E-state index in [1.807, 2.05) is 18.4 Å². The molecule has 104 valence electrons. The number of ether oxygens (including phenoxy) is 1. The summed E-state index contributed by atoms with van der Waals surface area (Å²) in [5, 5.41) is 0. The van der Waals surface area contributed by atoms with Gasteiger partial charge in [0.2, 0.25) is 0 Å². The zero-order valence-corrected chi connectivity index (χ0v) is 13.3. The second-order valence-electron chi connectivity index (χ2n) is 5.00. The van der Waals surface area contributed by atoms with Gasteiger partial charge >= 0.3 is 0 Å². The molecule has 2 rings (SSSR count). The molecule has 0 aliphatic rings. The van der Waals surface area contributed by atoms with Crippen molar-refractivity contribution in [3.63, 3.8) is 0 Å². The smallest absolute Gasteiger partial charge is 0.139 e. The minimum Gasteiger partial charge on any atom is -0.382 e. The number of aromatic nitrogens is 2. The molecule has 1 aromatic heterocycles. The van der Waals surface area contributed by atoms with Gasteiger partial charge in [-0.05, 0) is 35.8 Å². The Balaban J connectivity index is 2.73. The lowest BCUT2D eigenvalue weighted by molar-refractivity contribution is 0.110. The minimum atomic E-state index is -0.331. The van der Waals surface area contributed by atoms with Gasteiger partial charge in [0.15, 0.2) is 0 Å². The maximum atomic E-state index is 13.6. The van der Waals surface area contributed by atoms with Crippen molar-refractivity contribution in [3.8, 4) is 0 Å². The lowest BCUT2D eigenvalue weighted by Crippen LogP contribution is -2.32. The molecule has 6 heteroatoms. The van der Waals surface area contributed by atoms with Gasteiger partial charge in [-0.15, -0.1) is 11.6 Å². The van der Waals surface area contributed by atoms with Gasteiger partial charge in [-0.3, -0.25) is 0 Å². The first-order chi connectivity index (χ1) is 8.90. The van der Waals surface area contributed by atoms with Crippen molar-refractivity contribution in [1.82, 2.24) is 9.55 Å². The molecule has 1 heterocycles. The van der Waals surface area contributed by atoms with Crippen molar-refractivity contribution < 1.29 is 9.13 Å². The van der Waals surface area contributed by atoms with E-state index in [0.717, 1.165) is 5.52 Å². The molecule has 0 saturated carbocycles. The number of nitrogens with zero attached hydrogens (tertiary/aromatic N) is 2. The lowest BCUT2D eigenvalue weighted by Gasteiger charge is -2.28. The molecular formula is C13H15BrClFN2O. The average Bonchev–Trinajstić information content (AvgIpc) is 2.68. The van der Waals surface area contributed by atoms with Crippen LogP contribution in [0.4, 0.5) is 4.39 Å². The molecule has 1 aromatic carbocycles. The Bertz CT molecular complexity index is 612. The van der Waals surface area contributed by atoms with Crippen molar-refractivity contribution in [2.24, 2.45) is 0 Å². The van der Waals surface area contributed by atoms with E-state index in [-0.39, 0.29) is 17.2 Å². The van der Waals surface area contributed by atoms with Crippen LogP contribution < -0.4 is 0 Å². The molecule has 0 spiro atoms. The Labute approximate surface area is 124 Å². The van der Waals surface area contributed by atoms with Gasteiger partial charge < -0.3 is 9.30 Å². The highest BCUT2D eigenvalue weighted by atomic mass is 79.9. The second kappa shape index (κ2) is 5.38. The fourth-order valence-electron chi connectivity index (χ4n) is 2.31. The zero-order chi connectivity index (χ0) is 14.2. The summed E-state index contributed by atoms with van der Waals surface area (Å²) in [6.07, 6.45) is 0. The van der Waals surface area contributed by atoms with E-state index < -0.39 is 0 Å². The van der Waals surface area contributed by atoms with E-state index in [0.29, 0.717) is 22.4 Å². The van der Waals surface area contributed by atoms with Crippen LogP contribution in [0.15, 0.2) is 16.6 Å². The Kier molecular flexibility index (Phi) is 4.18. The largest absolute Gasteiger partial charge is 0.382 e. The summed E-state index contributed by atoms with van der Waals surface area (Å²) in [5.41, 5.74) is 1.12. The van der Waals surface area contributed by atoms with Crippen LogP contribution in [0.3, 0.4) is 0 Å². The topological polar surface area (TPSA) is 27.1 Å². The van der Waals surface area contributed by atoms with Gasteiger partial charge in [0.05, 0.1) is 33.5 Å². The molecule has 0 radical (unpaired) electrons. The lowest BCUT2D eigenvalue weighted by atomic mass is 10.1. The quantitative estimate of drug-likeness (QED) is 0.778. The number of hydrogen-bond donors (Lipinski definition) is 0. The van der Waals surface area contributed by atoms with Gasteiger partial charge in [-0.2, -0.15) is 0 Å². The highest BCUT2D eigenvalue weighted by Crippen LogP contribution is 2.30. The number of methoxy groups -OCH3 is 1. The molecule has 0 amide bonds. The summed E-state index contributed by atoms with van der Waals surface area (Å²) in [6, 6.07) is 3.14. The van der Waals surface area contributed by atoms with E-state index >= 15 is 0 Å². The Morgan fingerprint density at radius 2 is 2.16 bits per heavy atom. The first kappa shape index (κ1) is 14.8. The maximum absolute atomic E-state index is 13.6. The molecule has 2 aromatic rings. The number of hydrogen-bond acceptors (Lipinski definition) is 2. The van der Waals surface area contributed by atoms with Crippen LogP contribution in [0.5, 0.6) is 0 Å². The van der Waals surface area contributed by atoms with Crippen molar-refractivity contribution in [2.45, 2.75) is 25.3 Å². The molecular weight excluding hydrogens is 335 g/mol. The van der Waals surface area contributed by atoms with E-state index in [1.54, 1.807) is 13.2 Å². The highest BCUT2D eigenvalue weighted by molar-refractivity contribution is 9.10. The standard InChI is InChI=1S/C13H15BrClFN2O/c1-13(2,7-19-3)18-11-4-8(14)9(16)5-10(11)17-12(18)6-15/h4-5H,6-7H2,1-3H3. The van der Waals surface area contributed by atoms with E-state index in [9.17, 15) is 4.39 Å². The fourth-order valence-corrected chi connectivity index (χ4v) is 2.82. The molecule has 0 atom stereocenters. The van der Waals surface area contributed by atoms with E-state index in [4.69, 9.17) is 16.3 Å². The van der Waals surface area contributed by atoms with Crippen molar-refractivity contribution >= 4 is 38.6 Å². The van der Waals surface area contributed by atoms with Gasteiger partial charge in [0.25, 0.3) is 0 Å². The van der Waals surface area contributed by atoms with Gasteiger partial charge in [0, 0.05) is 13.2 Å². The van der Waals surface area contributed by atoms with Crippen LogP contribution in [-0.4, -0.2) is 23.3 Å². The average molecular weight is 350 g/mol. The monoisotopic (exact) mass is 348 g/mol. The number of halogens is 3. The van der Waals surface area contributed by atoms with Gasteiger partial charge in [0.1, 0.15) is 11.6 Å². The summed E-state index contributed by atoms with van der Waals surface area (Å²) in [7, 11) is 1.65. The molecule has 0 fully saturated rings. The normalized spacial score (nSPS) is 12.3. The third-order valence-corrected chi connectivity index (χ3v) is 3.84. The first-order valence-corrected chi connectivity index (χ1v) is 7.15. The number of rotatable bonds is 4. The fraction of sp³-hybridized carbons (Fsp3) is 0.462. The summed E-state index contributed by atoms with van der Waals surface area (Å²) >= 11 is 9.17. The van der Waals surface area contributed by atoms with Crippen LogP contribution in [0, 0.1) is 5.82 Å². The molecule has 0 aliphatic carbocycles. The van der Waals surface area contributed by atoms with E-state index in [2.05, 4.69) is 20.9 Å². The van der Waals surface area contributed by atoms with Crippen molar-refractivity contribution in [2.75, 3.05) is 13.7 Å². The van der Waals surface area contributed by atoms with E-state index in [1.165, 1.54) is 6.07 Å². The molecule has 0 saturated heterocycles. The molecule has 0 N–H and O–H groups in total. The highest BCUT2D eigenvalue weighted by Gasteiger charge is 2.26. The van der Waals surface area contributed by atoms with Crippen LogP contribution >= 0.6 is 27.5 Å². The summed E-state index contributed by atoms with van der Waals surface area (Å²) in [4.78, 5) is 4.40. The Hall–Kier alpha value is -0.650. The zero-order valence-electron chi connectivity index (χ0n) is 11.0. The third-order valence-electron chi connectivity index (χ3n) is 2.99. The number of alkyl halides is 1. The molecule has 3 nitrogen and oxygen atoms in total. The predicted octanol–water partition coefficient (Wildman–Crippen LogP) is 4.06. The Morgan fingerprint density at radius 3 is 2.74 bits per heavy atom. The molecule has 19 heavy (non-hydrogen) atoms. The van der Waals surface area contributed by atoms with Gasteiger partial charge in [-0.25, -0.2) is 9.37 Å². The summed E-state index contributed by atoms with van der Waals surface area (Å²) < 4.78 is 21.3. The molecule has 0 unspecified atom stereocenters. The predicted molar refractivity (Wildman–Crippen MR) is 78.1 cm³/mol. The Morgan fingerprint density at radius 1 is 1.47 bits per heavy atom. The van der Waals surface area contributed by atoms with Crippen LogP contribution in [-0.2, 0) is 16.2 Å². The minimum absolute atomic E-state index is 0.265. The number of benzene rings is 1. The molecule has 0 aliphatic heterocycles. The third kappa shape index (κ3) is 2.64. The van der Waals surface area contributed by atoms with Crippen LogP contribution in [0.2, 0.25) is 0 Å².